The van der Waals surface area contributed by atoms with Crippen LogP contribution in [0.2, 0.25) is 0 Å². The number of hydrogen-bond donors (Lipinski definition) is 0. The Morgan fingerprint density at radius 3 is 2.48 bits per heavy atom. The molecule has 0 radical (unpaired) electrons. The van der Waals surface area contributed by atoms with Gasteiger partial charge in [0.05, 0.1) is 0 Å². The van der Waals surface area contributed by atoms with Crippen molar-refractivity contribution in [3.63, 3.8) is 0 Å². The molecule has 4 rings (SSSR count). The molecule has 3 aromatic rings. The maximum absolute atomic E-state index is 12.1. The Bertz CT molecular complexity index is 999. The first-order chi connectivity index (χ1) is 14.0. The van der Waals surface area contributed by atoms with Crippen molar-refractivity contribution in [2.45, 2.75) is 50.3 Å². The lowest BCUT2D eigenvalue weighted by molar-refractivity contribution is -0.140. The number of ether oxygens (including phenoxy) is 2. The first-order valence-electron chi connectivity index (χ1n) is 9.59. The van der Waals surface area contributed by atoms with E-state index in [9.17, 15) is 4.79 Å². The van der Waals surface area contributed by atoms with E-state index in [0.29, 0.717) is 17.4 Å². The fourth-order valence-corrected chi connectivity index (χ4v) is 4.59. The molecule has 0 unspecified atom stereocenters. The van der Waals surface area contributed by atoms with Crippen LogP contribution in [0.3, 0.4) is 0 Å². The second kappa shape index (κ2) is 8.29. The number of para-hydroxylation sites is 2. The lowest BCUT2D eigenvalue weighted by Crippen LogP contribution is -2.12. The maximum Gasteiger partial charge on any atom is 0.319 e. The minimum Gasteiger partial charge on any atom is -0.485 e. The largest absolute Gasteiger partial charge is 0.485 e. The first-order valence-corrected chi connectivity index (χ1v) is 10.5. The molecule has 7 heteroatoms. The van der Waals surface area contributed by atoms with Gasteiger partial charge in [0.15, 0.2) is 11.0 Å². The molecule has 1 aliphatic heterocycles. The van der Waals surface area contributed by atoms with Crippen molar-refractivity contribution in [1.29, 1.82) is 0 Å². The van der Waals surface area contributed by atoms with Crippen LogP contribution in [-0.4, -0.2) is 32.1 Å². The summed E-state index contributed by atoms with van der Waals surface area (Å²) in [4.78, 5) is 12.1. The van der Waals surface area contributed by atoms with Gasteiger partial charge in [-0.2, -0.15) is 0 Å². The number of thioether (sulfide) groups is 1. The molecule has 1 aromatic heterocycles. The van der Waals surface area contributed by atoms with E-state index >= 15 is 0 Å². The van der Waals surface area contributed by atoms with Crippen LogP contribution in [0, 0.1) is 13.8 Å². The fourth-order valence-electron chi connectivity index (χ4n) is 3.41. The average molecular weight is 410 g/mol. The van der Waals surface area contributed by atoms with Gasteiger partial charge in [-0.3, -0.25) is 9.36 Å². The first kappa shape index (κ1) is 19.5. The van der Waals surface area contributed by atoms with Crippen LogP contribution in [0.4, 0.5) is 0 Å². The van der Waals surface area contributed by atoms with Gasteiger partial charge >= 0.3 is 5.97 Å². The topological polar surface area (TPSA) is 66.2 Å². The fraction of sp³-hybridized carbons (Fsp3) is 0.318. The number of aromatic nitrogens is 3. The van der Waals surface area contributed by atoms with Crippen LogP contribution in [-0.2, 0) is 16.1 Å². The molecule has 0 saturated carbocycles. The predicted octanol–water partition coefficient (Wildman–Crippen LogP) is 4.26. The van der Waals surface area contributed by atoms with E-state index in [1.807, 2.05) is 73.9 Å². The number of carbonyl (C=O) groups excluding carboxylic acids is 1. The Morgan fingerprint density at radius 1 is 1.10 bits per heavy atom. The van der Waals surface area contributed by atoms with E-state index in [1.54, 1.807) is 0 Å². The Morgan fingerprint density at radius 2 is 1.83 bits per heavy atom. The van der Waals surface area contributed by atoms with E-state index in [4.69, 9.17) is 9.47 Å². The number of benzene rings is 2. The highest BCUT2D eigenvalue weighted by molar-refractivity contribution is 8.00. The third-order valence-corrected chi connectivity index (χ3v) is 5.99. The summed E-state index contributed by atoms with van der Waals surface area (Å²) in [5.41, 5.74) is 3.08. The number of esters is 1. The third kappa shape index (κ3) is 4.15. The van der Waals surface area contributed by atoms with Crippen molar-refractivity contribution in [2.75, 3.05) is 0 Å². The molecule has 0 bridgehead atoms. The van der Waals surface area contributed by atoms with E-state index in [0.717, 1.165) is 22.6 Å². The van der Waals surface area contributed by atoms with Crippen molar-refractivity contribution in [3.8, 4) is 11.4 Å². The highest BCUT2D eigenvalue weighted by Crippen LogP contribution is 2.33. The number of cyclic esters (lactones) is 1. The van der Waals surface area contributed by atoms with Gasteiger partial charge < -0.3 is 9.47 Å². The van der Waals surface area contributed by atoms with Crippen LogP contribution >= 0.6 is 11.8 Å². The second-order valence-corrected chi connectivity index (χ2v) is 8.34. The summed E-state index contributed by atoms with van der Waals surface area (Å²) in [7, 11) is 0. The van der Waals surface area contributed by atoms with Crippen molar-refractivity contribution < 1.29 is 14.3 Å². The summed E-state index contributed by atoms with van der Waals surface area (Å²) < 4.78 is 13.4. The lowest BCUT2D eigenvalue weighted by atomic mass is 10.1. The number of aryl methyl sites for hydroxylation is 2. The molecule has 2 heterocycles. The second-order valence-electron chi connectivity index (χ2n) is 7.17. The smallest absolute Gasteiger partial charge is 0.319 e. The standard InChI is InChI=1S/C22H23N3O3S/c1-14-8-7-9-15(2)20(14)27-13-19-23-24-22(25(19)17-10-5-4-6-11-17)29-18-12-16(3)28-21(18)26/h4-11,16,18H,12-13H2,1-3H3/t16-,18-/m0/s1. The van der Waals surface area contributed by atoms with Crippen LogP contribution in [0.5, 0.6) is 5.75 Å². The van der Waals surface area contributed by atoms with Gasteiger partial charge in [0.25, 0.3) is 0 Å². The van der Waals surface area contributed by atoms with Gasteiger partial charge in [-0.15, -0.1) is 10.2 Å². The van der Waals surface area contributed by atoms with Crippen molar-refractivity contribution in [3.05, 3.63) is 65.5 Å². The van der Waals surface area contributed by atoms with Gasteiger partial charge in [0.2, 0.25) is 0 Å². The predicted molar refractivity (Wildman–Crippen MR) is 111 cm³/mol. The van der Waals surface area contributed by atoms with Gasteiger partial charge in [-0.05, 0) is 44.0 Å². The Kier molecular flexibility index (Phi) is 5.58. The minimum atomic E-state index is -0.274. The van der Waals surface area contributed by atoms with Gasteiger partial charge in [-0.25, -0.2) is 0 Å². The summed E-state index contributed by atoms with van der Waals surface area (Å²) >= 11 is 1.39. The molecule has 0 amide bonds. The number of hydrogen-bond acceptors (Lipinski definition) is 6. The third-order valence-electron chi connectivity index (χ3n) is 4.84. The molecule has 6 nitrogen and oxygen atoms in total. The van der Waals surface area contributed by atoms with Gasteiger partial charge in [0, 0.05) is 12.1 Å². The molecule has 0 N–H and O–H groups in total. The monoisotopic (exact) mass is 409 g/mol. The van der Waals surface area contributed by atoms with E-state index < -0.39 is 0 Å². The molecule has 0 aliphatic carbocycles. The number of nitrogens with zero attached hydrogens (tertiary/aromatic N) is 3. The lowest BCUT2D eigenvalue weighted by Gasteiger charge is -2.14. The molecular weight excluding hydrogens is 386 g/mol. The molecular formula is C22H23N3O3S. The molecule has 150 valence electrons. The Hall–Kier alpha value is -2.80. The van der Waals surface area contributed by atoms with Crippen LogP contribution < -0.4 is 4.74 Å². The van der Waals surface area contributed by atoms with Crippen molar-refractivity contribution in [1.82, 2.24) is 14.8 Å². The summed E-state index contributed by atoms with van der Waals surface area (Å²) in [6.07, 6.45) is 0.597. The van der Waals surface area contributed by atoms with E-state index in [1.165, 1.54) is 11.8 Å². The minimum absolute atomic E-state index is 0.0695. The van der Waals surface area contributed by atoms with Crippen molar-refractivity contribution >= 4 is 17.7 Å². The van der Waals surface area contributed by atoms with Crippen LogP contribution in [0.25, 0.3) is 5.69 Å². The number of carbonyl (C=O) groups is 1. The quantitative estimate of drug-likeness (QED) is 0.567. The summed E-state index contributed by atoms with van der Waals surface area (Å²) in [6.45, 7) is 6.24. The molecule has 1 saturated heterocycles. The summed E-state index contributed by atoms with van der Waals surface area (Å²) in [5.74, 6) is 1.34. The van der Waals surface area contributed by atoms with Crippen molar-refractivity contribution in [2.24, 2.45) is 0 Å². The molecule has 2 atom stereocenters. The zero-order chi connectivity index (χ0) is 20.4. The number of rotatable bonds is 6. The molecule has 2 aromatic carbocycles. The molecule has 0 spiro atoms. The normalized spacial score (nSPS) is 18.7. The highest BCUT2D eigenvalue weighted by Gasteiger charge is 2.34. The highest BCUT2D eigenvalue weighted by atomic mass is 32.2. The zero-order valence-electron chi connectivity index (χ0n) is 16.7. The Labute approximate surface area is 174 Å². The molecule has 1 aliphatic rings. The maximum atomic E-state index is 12.1. The Balaban J connectivity index is 1.64. The summed E-state index contributed by atoms with van der Waals surface area (Å²) in [6, 6.07) is 15.9. The summed E-state index contributed by atoms with van der Waals surface area (Å²) in [5, 5.41) is 9.11. The SMILES string of the molecule is Cc1cccc(C)c1OCc1nnc(S[C@H]2C[C@H](C)OC2=O)n1-c1ccccc1. The van der Waals surface area contributed by atoms with E-state index in [2.05, 4.69) is 10.2 Å². The van der Waals surface area contributed by atoms with Gasteiger partial charge in [0.1, 0.15) is 23.7 Å². The zero-order valence-corrected chi connectivity index (χ0v) is 17.5. The molecule has 1 fully saturated rings. The van der Waals surface area contributed by atoms with Crippen LogP contribution in [0.15, 0.2) is 53.7 Å². The average Bonchev–Trinajstić information content (AvgIpc) is 3.24. The van der Waals surface area contributed by atoms with Crippen LogP contribution in [0.1, 0.15) is 30.3 Å². The van der Waals surface area contributed by atoms with Gasteiger partial charge in [-0.1, -0.05) is 48.2 Å². The van der Waals surface area contributed by atoms with E-state index in [-0.39, 0.29) is 23.9 Å². The molecule has 29 heavy (non-hydrogen) atoms.